The molecule has 0 fully saturated rings. The monoisotopic (exact) mass is 313 g/mol. The summed E-state index contributed by atoms with van der Waals surface area (Å²) < 4.78 is 38.4. The van der Waals surface area contributed by atoms with Crippen LogP contribution in [0.4, 0.5) is 13.2 Å². The predicted octanol–water partition coefficient (Wildman–Crippen LogP) is 2.35. The molecule has 2 heterocycles. The van der Waals surface area contributed by atoms with Crippen molar-refractivity contribution in [3.05, 3.63) is 27.7 Å². The Hall–Kier alpha value is -0.860. The molecule has 0 bridgehead atoms. The van der Waals surface area contributed by atoms with Gasteiger partial charge in [-0.25, -0.2) is 9.50 Å². The molecule has 0 aliphatic heterocycles. The maximum Gasteiger partial charge on any atom is 0.434 e. The van der Waals surface area contributed by atoms with E-state index in [9.17, 15) is 13.2 Å². The van der Waals surface area contributed by atoms with Gasteiger partial charge in [-0.1, -0.05) is 0 Å². The summed E-state index contributed by atoms with van der Waals surface area (Å²) >= 11 is 1.92. The van der Waals surface area contributed by atoms with Crippen LogP contribution >= 0.6 is 22.6 Å². The van der Waals surface area contributed by atoms with E-state index in [1.54, 1.807) is 6.07 Å². The topological polar surface area (TPSA) is 30.2 Å². The molecular weight excluding hydrogens is 310 g/mol. The average molecular weight is 313 g/mol. The smallest absolute Gasteiger partial charge is 0.223 e. The van der Waals surface area contributed by atoms with Crippen molar-refractivity contribution in [1.82, 2.24) is 14.6 Å². The highest BCUT2D eigenvalue weighted by Gasteiger charge is 2.34. The molecule has 2 rings (SSSR count). The molecule has 0 aliphatic carbocycles. The number of alkyl halides is 3. The predicted molar refractivity (Wildman–Crippen MR) is 50.7 cm³/mol. The van der Waals surface area contributed by atoms with Crippen molar-refractivity contribution in [2.75, 3.05) is 0 Å². The van der Waals surface area contributed by atoms with Gasteiger partial charge in [-0.3, -0.25) is 0 Å². The Labute approximate surface area is 90.1 Å². The summed E-state index contributed by atoms with van der Waals surface area (Å²) in [5.74, 6) is 0. The average Bonchev–Trinajstić information content (AvgIpc) is 2.45. The zero-order chi connectivity index (χ0) is 10.3. The van der Waals surface area contributed by atoms with Gasteiger partial charge in [-0.2, -0.15) is 18.3 Å². The summed E-state index contributed by atoms with van der Waals surface area (Å²) in [5, 5.41) is 3.85. The molecule has 0 amide bonds. The molecule has 74 valence electrons. The van der Waals surface area contributed by atoms with Gasteiger partial charge in [-0.05, 0) is 34.7 Å². The van der Waals surface area contributed by atoms with E-state index < -0.39 is 11.9 Å². The standard InChI is InChI=1S/C7H3F3IN3/c8-7(9,10)4-3-14-6(12-4)2-1-5(11)13-14/h1-3H. The van der Waals surface area contributed by atoms with Crippen molar-refractivity contribution in [2.45, 2.75) is 6.18 Å². The number of halogens is 4. The van der Waals surface area contributed by atoms with Gasteiger partial charge in [-0.15, -0.1) is 0 Å². The first-order valence-corrected chi connectivity index (χ1v) is 4.64. The van der Waals surface area contributed by atoms with Crippen molar-refractivity contribution < 1.29 is 13.2 Å². The van der Waals surface area contributed by atoms with E-state index in [0.29, 0.717) is 3.70 Å². The summed E-state index contributed by atoms with van der Waals surface area (Å²) in [6, 6.07) is 3.09. The quantitative estimate of drug-likeness (QED) is 0.699. The number of hydrogen-bond donors (Lipinski definition) is 0. The summed E-state index contributed by atoms with van der Waals surface area (Å²) in [7, 11) is 0. The molecule has 0 saturated carbocycles. The molecule has 0 aromatic carbocycles. The van der Waals surface area contributed by atoms with Crippen LogP contribution in [0.1, 0.15) is 5.69 Å². The van der Waals surface area contributed by atoms with E-state index in [4.69, 9.17) is 0 Å². The minimum Gasteiger partial charge on any atom is -0.223 e. The first-order chi connectivity index (χ1) is 6.47. The fourth-order valence-electron chi connectivity index (χ4n) is 0.995. The number of imidazole rings is 1. The van der Waals surface area contributed by atoms with Crippen LogP contribution in [0.3, 0.4) is 0 Å². The summed E-state index contributed by atoms with van der Waals surface area (Å²) in [6.07, 6.45) is -3.55. The van der Waals surface area contributed by atoms with Crippen LogP contribution in [-0.4, -0.2) is 14.6 Å². The van der Waals surface area contributed by atoms with Gasteiger partial charge in [0, 0.05) is 0 Å². The Morgan fingerprint density at radius 1 is 1.29 bits per heavy atom. The molecule has 0 radical (unpaired) electrons. The minimum absolute atomic E-state index is 0.192. The molecule has 0 N–H and O–H groups in total. The summed E-state index contributed by atoms with van der Waals surface area (Å²) in [5.41, 5.74) is -0.732. The van der Waals surface area contributed by atoms with Crippen LogP contribution in [0.5, 0.6) is 0 Å². The van der Waals surface area contributed by atoms with Crippen LogP contribution in [0.2, 0.25) is 0 Å². The maximum absolute atomic E-state index is 12.2. The molecule has 2 aromatic rings. The lowest BCUT2D eigenvalue weighted by molar-refractivity contribution is -0.140. The third-order valence-corrected chi connectivity index (χ3v) is 2.15. The zero-order valence-corrected chi connectivity index (χ0v) is 8.74. The largest absolute Gasteiger partial charge is 0.434 e. The van der Waals surface area contributed by atoms with Crippen molar-refractivity contribution in [3.8, 4) is 0 Å². The third-order valence-electron chi connectivity index (χ3n) is 1.58. The molecule has 0 spiro atoms. The second-order valence-corrected chi connectivity index (χ2v) is 3.69. The van der Waals surface area contributed by atoms with E-state index >= 15 is 0 Å². The number of hydrogen-bond acceptors (Lipinski definition) is 2. The Kier molecular flexibility index (Phi) is 2.13. The van der Waals surface area contributed by atoms with Crippen LogP contribution in [0.25, 0.3) is 5.65 Å². The van der Waals surface area contributed by atoms with E-state index in [2.05, 4.69) is 10.1 Å². The molecule has 0 atom stereocenters. The highest BCUT2D eigenvalue weighted by Crippen LogP contribution is 2.28. The normalized spacial score (nSPS) is 12.3. The third kappa shape index (κ3) is 1.68. The summed E-state index contributed by atoms with van der Waals surface area (Å²) in [4.78, 5) is 3.40. The lowest BCUT2D eigenvalue weighted by Gasteiger charge is -1.98. The van der Waals surface area contributed by atoms with E-state index in [1.807, 2.05) is 22.6 Å². The maximum atomic E-state index is 12.2. The van der Waals surface area contributed by atoms with Crippen molar-refractivity contribution in [3.63, 3.8) is 0 Å². The Bertz CT molecular complexity index is 476. The number of aromatic nitrogens is 3. The van der Waals surface area contributed by atoms with Crippen molar-refractivity contribution >= 4 is 28.2 Å². The number of rotatable bonds is 0. The van der Waals surface area contributed by atoms with Crippen LogP contribution in [0, 0.1) is 3.70 Å². The van der Waals surface area contributed by atoms with Crippen molar-refractivity contribution in [2.24, 2.45) is 0 Å². The van der Waals surface area contributed by atoms with Crippen molar-refractivity contribution in [1.29, 1.82) is 0 Å². The zero-order valence-electron chi connectivity index (χ0n) is 6.59. The molecule has 3 nitrogen and oxygen atoms in total. The molecular formula is C7H3F3IN3. The molecule has 14 heavy (non-hydrogen) atoms. The highest BCUT2D eigenvalue weighted by molar-refractivity contribution is 14.1. The van der Waals surface area contributed by atoms with Gasteiger partial charge in [0.15, 0.2) is 11.3 Å². The molecule has 0 saturated heterocycles. The van der Waals surface area contributed by atoms with Gasteiger partial charge < -0.3 is 0 Å². The molecule has 0 aliphatic rings. The molecule has 7 heteroatoms. The van der Waals surface area contributed by atoms with Gasteiger partial charge in [0.25, 0.3) is 0 Å². The van der Waals surface area contributed by atoms with Gasteiger partial charge >= 0.3 is 6.18 Å². The molecule has 0 unspecified atom stereocenters. The SMILES string of the molecule is FC(F)(F)c1cn2nc(I)ccc2n1. The second kappa shape index (κ2) is 3.07. The lowest BCUT2D eigenvalue weighted by Crippen LogP contribution is -2.04. The first-order valence-electron chi connectivity index (χ1n) is 3.56. The van der Waals surface area contributed by atoms with Crippen LogP contribution < -0.4 is 0 Å². The fraction of sp³-hybridized carbons (Fsp3) is 0.143. The number of nitrogens with zero attached hydrogens (tertiary/aromatic N) is 3. The fourth-order valence-corrected chi connectivity index (χ4v) is 1.41. The highest BCUT2D eigenvalue weighted by atomic mass is 127. The second-order valence-electron chi connectivity index (χ2n) is 2.58. The Balaban J connectivity index is 2.63. The van der Waals surface area contributed by atoms with Gasteiger partial charge in [0.1, 0.15) is 3.70 Å². The van der Waals surface area contributed by atoms with Crippen LogP contribution in [-0.2, 0) is 6.18 Å². The van der Waals surface area contributed by atoms with Gasteiger partial charge in [0.05, 0.1) is 6.20 Å². The van der Waals surface area contributed by atoms with Crippen LogP contribution in [0.15, 0.2) is 18.3 Å². The summed E-state index contributed by atoms with van der Waals surface area (Å²) in [6.45, 7) is 0. The number of fused-ring (bicyclic) bond motifs is 1. The lowest BCUT2D eigenvalue weighted by atomic mass is 10.5. The van der Waals surface area contributed by atoms with E-state index in [0.717, 1.165) is 10.7 Å². The Morgan fingerprint density at radius 2 is 2.00 bits per heavy atom. The molecule has 2 aromatic heterocycles. The minimum atomic E-state index is -4.42. The first kappa shape index (κ1) is 9.69. The van der Waals surface area contributed by atoms with Gasteiger partial charge in [0.2, 0.25) is 0 Å². The Morgan fingerprint density at radius 3 is 2.64 bits per heavy atom. The van der Waals surface area contributed by atoms with E-state index in [1.165, 1.54) is 6.07 Å². The van der Waals surface area contributed by atoms with E-state index in [-0.39, 0.29) is 5.65 Å².